The van der Waals surface area contributed by atoms with Gasteiger partial charge in [0.2, 0.25) is 0 Å². The van der Waals surface area contributed by atoms with Crippen LogP contribution >= 0.6 is 15.9 Å². The van der Waals surface area contributed by atoms with Crippen molar-refractivity contribution in [2.45, 2.75) is 19.8 Å². The van der Waals surface area contributed by atoms with Gasteiger partial charge in [-0.1, -0.05) is 22.9 Å². The molecule has 2 aromatic rings. The average molecular weight is 375 g/mol. The summed E-state index contributed by atoms with van der Waals surface area (Å²) >= 11 is 3.37. The van der Waals surface area contributed by atoms with Crippen molar-refractivity contribution >= 4 is 33.3 Å². The van der Waals surface area contributed by atoms with Gasteiger partial charge in [0.05, 0.1) is 12.4 Å². The summed E-state index contributed by atoms with van der Waals surface area (Å²) in [6, 6.07) is 7.42. The molecule has 120 valence electrons. The summed E-state index contributed by atoms with van der Waals surface area (Å²) in [5.74, 6) is 1.37. The third-order valence-corrected chi connectivity index (χ3v) is 4.61. The van der Waals surface area contributed by atoms with Gasteiger partial charge in [0.25, 0.3) is 5.91 Å². The lowest BCUT2D eigenvalue weighted by Gasteiger charge is -2.30. The molecule has 6 heteroatoms. The third-order valence-electron chi connectivity index (χ3n) is 4.08. The van der Waals surface area contributed by atoms with Crippen molar-refractivity contribution in [2.75, 3.05) is 23.3 Å². The minimum absolute atomic E-state index is 0.251. The zero-order valence-corrected chi connectivity index (χ0v) is 14.6. The summed E-state index contributed by atoms with van der Waals surface area (Å²) in [6.07, 6.45) is 5.58. The van der Waals surface area contributed by atoms with Gasteiger partial charge < -0.3 is 10.2 Å². The van der Waals surface area contributed by atoms with E-state index in [-0.39, 0.29) is 5.91 Å². The van der Waals surface area contributed by atoms with Gasteiger partial charge in [-0.25, -0.2) is 9.97 Å². The highest BCUT2D eigenvalue weighted by molar-refractivity contribution is 9.10. The van der Waals surface area contributed by atoms with E-state index in [2.05, 4.69) is 43.0 Å². The second-order valence-corrected chi connectivity index (χ2v) is 6.81. The van der Waals surface area contributed by atoms with Crippen LogP contribution in [0, 0.1) is 5.92 Å². The van der Waals surface area contributed by atoms with Gasteiger partial charge in [-0.05, 0) is 43.0 Å². The highest BCUT2D eigenvalue weighted by atomic mass is 79.9. The predicted molar refractivity (Wildman–Crippen MR) is 94.7 cm³/mol. The van der Waals surface area contributed by atoms with E-state index >= 15 is 0 Å². The smallest absolute Gasteiger partial charge is 0.275 e. The lowest BCUT2D eigenvalue weighted by molar-refractivity contribution is 0.102. The minimum Gasteiger partial charge on any atom is -0.355 e. The summed E-state index contributed by atoms with van der Waals surface area (Å²) in [4.78, 5) is 23.1. The van der Waals surface area contributed by atoms with E-state index in [1.807, 2.05) is 24.3 Å². The molecule has 1 aliphatic heterocycles. The van der Waals surface area contributed by atoms with Crippen molar-refractivity contribution in [2.24, 2.45) is 5.92 Å². The number of aromatic nitrogens is 2. The van der Waals surface area contributed by atoms with Crippen molar-refractivity contribution in [3.8, 4) is 0 Å². The zero-order valence-electron chi connectivity index (χ0n) is 13.0. The monoisotopic (exact) mass is 374 g/mol. The predicted octanol–water partition coefficient (Wildman–Crippen LogP) is 3.73. The van der Waals surface area contributed by atoms with Crippen LogP contribution in [0.15, 0.2) is 41.1 Å². The average Bonchev–Trinajstić information content (AvgIpc) is 2.58. The Morgan fingerprint density at radius 1 is 1.17 bits per heavy atom. The number of carbonyl (C=O) groups excluding carboxylic acids is 1. The Hall–Kier alpha value is -1.95. The number of rotatable bonds is 3. The molecule has 1 aromatic heterocycles. The second-order valence-electron chi connectivity index (χ2n) is 5.89. The number of hydrogen-bond acceptors (Lipinski definition) is 4. The van der Waals surface area contributed by atoms with Crippen LogP contribution in [0.5, 0.6) is 0 Å². The molecule has 1 amide bonds. The highest BCUT2D eigenvalue weighted by Gasteiger charge is 2.17. The largest absolute Gasteiger partial charge is 0.355 e. The maximum absolute atomic E-state index is 12.2. The van der Waals surface area contributed by atoms with Crippen LogP contribution < -0.4 is 10.2 Å². The molecule has 1 fully saturated rings. The molecule has 0 saturated carbocycles. The van der Waals surface area contributed by atoms with E-state index in [1.165, 1.54) is 12.8 Å². The SMILES string of the molecule is CC1CCN(c2cnc(C(=O)Nc3ccc(Br)cc3)cn2)CC1. The highest BCUT2D eigenvalue weighted by Crippen LogP contribution is 2.20. The first kappa shape index (κ1) is 15.9. The molecular formula is C17H19BrN4O. The van der Waals surface area contributed by atoms with Crippen molar-refractivity contribution in [1.82, 2.24) is 9.97 Å². The van der Waals surface area contributed by atoms with Crippen LogP contribution in [0.1, 0.15) is 30.3 Å². The summed E-state index contributed by atoms with van der Waals surface area (Å²) in [7, 11) is 0. The number of halogens is 1. The molecule has 23 heavy (non-hydrogen) atoms. The van der Waals surface area contributed by atoms with Gasteiger partial charge in [-0.3, -0.25) is 4.79 Å². The lowest BCUT2D eigenvalue weighted by Crippen LogP contribution is -2.33. The molecular weight excluding hydrogens is 356 g/mol. The quantitative estimate of drug-likeness (QED) is 0.888. The van der Waals surface area contributed by atoms with Crippen LogP contribution in [0.4, 0.5) is 11.5 Å². The molecule has 0 spiro atoms. The van der Waals surface area contributed by atoms with Crippen molar-refractivity contribution in [3.63, 3.8) is 0 Å². The van der Waals surface area contributed by atoms with E-state index in [0.717, 1.165) is 35.0 Å². The summed E-state index contributed by atoms with van der Waals surface area (Å²) in [5, 5.41) is 2.81. The zero-order chi connectivity index (χ0) is 16.2. The third kappa shape index (κ3) is 4.07. The van der Waals surface area contributed by atoms with Gasteiger partial charge in [0, 0.05) is 23.2 Å². The first-order chi connectivity index (χ1) is 11.1. The van der Waals surface area contributed by atoms with Crippen molar-refractivity contribution < 1.29 is 4.79 Å². The van der Waals surface area contributed by atoms with Crippen LogP contribution in [-0.4, -0.2) is 29.0 Å². The Morgan fingerprint density at radius 2 is 1.87 bits per heavy atom. The summed E-state index contributed by atoms with van der Waals surface area (Å²) in [5.41, 5.74) is 1.05. The van der Waals surface area contributed by atoms with Crippen LogP contribution in [-0.2, 0) is 0 Å². The van der Waals surface area contributed by atoms with E-state index < -0.39 is 0 Å². The molecule has 1 N–H and O–H groups in total. The Balaban J connectivity index is 1.64. The first-order valence-corrected chi connectivity index (χ1v) is 8.55. The number of benzene rings is 1. The molecule has 0 radical (unpaired) electrons. The Morgan fingerprint density at radius 3 is 2.48 bits per heavy atom. The molecule has 1 aromatic carbocycles. The molecule has 0 bridgehead atoms. The fourth-order valence-electron chi connectivity index (χ4n) is 2.57. The van der Waals surface area contributed by atoms with Gasteiger partial charge in [-0.15, -0.1) is 0 Å². The van der Waals surface area contributed by atoms with Crippen molar-refractivity contribution in [3.05, 3.63) is 46.8 Å². The van der Waals surface area contributed by atoms with Gasteiger partial charge in [-0.2, -0.15) is 0 Å². The minimum atomic E-state index is -0.251. The van der Waals surface area contributed by atoms with Gasteiger partial charge in [0.15, 0.2) is 0 Å². The Kier molecular flexibility index (Phi) is 4.91. The first-order valence-electron chi connectivity index (χ1n) is 7.76. The fraction of sp³-hybridized carbons (Fsp3) is 0.353. The van der Waals surface area contributed by atoms with Crippen molar-refractivity contribution in [1.29, 1.82) is 0 Å². The lowest BCUT2D eigenvalue weighted by atomic mass is 9.99. The molecule has 0 aliphatic carbocycles. The number of anilines is 2. The van der Waals surface area contributed by atoms with E-state index in [4.69, 9.17) is 0 Å². The fourth-order valence-corrected chi connectivity index (χ4v) is 2.83. The Bertz CT molecular complexity index is 664. The van der Waals surface area contributed by atoms with E-state index in [1.54, 1.807) is 12.4 Å². The number of hydrogen-bond donors (Lipinski definition) is 1. The number of nitrogens with zero attached hydrogens (tertiary/aromatic N) is 3. The number of amides is 1. The van der Waals surface area contributed by atoms with E-state index in [0.29, 0.717) is 5.69 Å². The topological polar surface area (TPSA) is 58.1 Å². The molecule has 2 heterocycles. The second kappa shape index (κ2) is 7.08. The van der Waals surface area contributed by atoms with Gasteiger partial charge in [0.1, 0.15) is 11.5 Å². The maximum Gasteiger partial charge on any atom is 0.275 e. The number of carbonyl (C=O) groups is 1. The Labute approximate surface area is 144 Å². The normalized spacial score (nSPS) is 15.5. The summed E-state index contributed by atoms with van der Waals surface area (Å²) in [6.45, 7) is 4.28. The molecule has 0 atom stereocenters. The number of nitrogens with one attached hydrogen (secondary N) is 1. The maximum atomic E-state index is 12.2. The summed E-state index contributed by atoms with van der Waals surface area (Å²) < 4.78 is 0.968. The van der Waals surface area contributed by atoms with Gasteiger partial charge >= 0.3 is 0 Å². The molecule has 5 nitrogen and oxygen atoms in total. The standard InChI is InChI=1S/C17H19BrN4O/c1-12-6-8-22(9-7-12)16-11-19-15(10-20-16)17(23)21-14-4-2-13(18)3-5-14/h2-5,10-12H,6-9H2,1H3,(H,21,23). The van der Waals surface area contributed by atoms with Crippen LogP contribution in [0.25, 0.3) is 0 Å². The van der Waals surface area contributed by atoms with Crippen LogP contribution in [0.2, 0.25) is 0 Å². The molecule has 1 saturated heterocycles. The molecule has 3 rings (SSSR count). The van der Waals surface area contributed by atoms with E-state index in [9.17, 15) is 4.79 Å². The number of piperidine rings is 1. The molecule has 1 aliphatic rings. The van der Waals surface area contributed by atoms with Crippen LogP contribution in [0.3, 0.4) is 0 Å². The molecule has 0 unspecified atom stereocenters.